The molecule has 2 aromatic heterocycles. The summed E-state index contributed by atoms with van der Waals surface area (Å²) in [6.45, 7) is 3.92. The topological polar surface area (TPSA) is 84.8 Å². The Morgan fingerprint density at radius 2 is 2.04 bits per heavy atom. The van der Waals surface area contributed by atoms with Gasteiger partial charge in [0.05, 0.1) is 22.3 Å². The Bertz CT molecular complexity index is 1000. The number of aromatic nitrogens is 3. The highest BCUT2D eigenvalue weighted by Gasteiger charge is 2.26. The first-order chi connectivity index (χ1) is 12.0. The van der Waals surface area contributed by atoms with E-state index in [1.165, 1.54) is 11.3 Å². The number of Topliss-reactive ketones (excluding diaryl/α,β-unsaturated/α-hetero) is 1. The molecule has 0 radical (unpaired) electrons. The van der Waals surface area contributed by atoms with Crippen molar-refractivity contribution in [1.82, 2.24) is 14.5 Å². The largest absolute Gasteiger partial charge is 0.329 e. The van der Waals surface area contributed by atoms with E-state index < -0.39 is 17.3 Å². The summed E-state index contributed by atoms with van der Waals surface area (Å²) < 4.78 is 1.07. The molecule has 0 amide bonds. The summed E-state index contributed by atoms with van der Waals surface area (Å²) in [5.74, 6) is -0.0189. The van der Waals surface area contributed by atoms with Crippen LogP contribution in [0.25, 0.3) is 10.9 Å². The van der Waals surface area contributed by atoms with Crippen LogP contribution < -0.4 is 11.2 Å². The fourth-order valence-corrected chi connectivity index (χ4v) is 3.52. The Labute approximate surface area is 148 Å². The van der Waals surface area contributed by atoms with E-state index >= 15 is 0 Å². The van der Waals surface area contributed by atoms with Crippen molar-refractivity contribution in [2.24, 2.45) is 5.92 Å². The van der Waals surface area contributed by atoms with Gasteiger partial charge < -0.3 is 4.98 Å². The summed E-state index contributed by atoms with van der Waals surface area (Å²) in [6, 6.07) is 6.02. The van der Waals surface area contributed by atoms with Crippen LogP contribution in [-0.4, -0.2) is 20.3 Å². The standard InChI is InChI=1S/C18H19N3O3S/c1-11(2)9-14(15(22)10-16-19-7-8-25-16)21-17(23)12-5-3-4-6-13(12)20-18(21)24/h3-8,11,14H,9-10H2,1-2H3,(H,20,24). The lowest BCUT2D eigenvalue weighted by Crippen LogP contribution is -2.41. The van der Waals surface area contributed by atoms with Crippen molar-refractivity contribution >= 4 is 28.0 Å². The van der Waals surface area contributed by atoms with Gasteiger partial charge in [0.25, 0.3) is 5.56 Å². The van der Waals surface area contributed by atoms with E-state index in [0.29, 0.717) is 22.3 Å². The average molecular weight is 357 g/mol. The molecule has 2 heterocycles. The second-order valence-corrected chi connectivity index (χ2v) is 7.34. The fourth-order valence-electron chi connectivity index (χ4n) is 2.89. The van der Waals surface area contributed by atoms with Crippen LogP contribution in [0.3, 0.4) is 0 Å². The van der Waals surface area contributed by atoms with E-state index in [-0.39, 0.29) is 18.1 Å². The Morgan fingerprint density at radius 3 is 2.72 bits per heavy atom. The zero-order valence-corrected chi connectivity index (χ0v) is 14.9. The lowest BCUT2D eigenvalue weighted by Gasteiger charge is -2.19. The number of benzene rings is 1. The number of hydrogen-bond acceptors (Lipinski definition) is 5. The highest BCUT2D eigenvalue weighted by atomic mass is 32.1. The molecule has 1 unspecified atom stereocenters. The Balaban J connectivity index is 2.10. The third kappa shape index (κ3) is 3.61. The van der Waals surface area contributed by atoms with Gasteiger partial charge in [-0.25, -0.2) is 14.3 Å². The van der Waals surface area contributed by atoms with Crippen LogP contribution in [0.2, 0.25) is 0 Å². The molecule has 0 aliphatic heterocycles. The smallest absolute Gasteiger partial charge is 0.307 e. The minimum absolute atomic E-state index is 0.119. The van der Waals surface area contributed by atoms with Gasteiger partial charge in [-0.15, -0.1) is 11.3 Å². The summed E-state index contributed by atoms with van der Waals surface area (Å²) in [7, 11) is 0. The molecular formula is C18H19N3O3S. The normalized spacial score (nSPS) is 12.6. The zero-order chi connectivity index (χ0) is 18.0. The number of nitrogens with one attached hydrogen (secondary N) is 1. The minimum Gasteiger partial charge on any atom is -0.307 e. The molecule has 6 nitrogen and oxygen atoms in total. The maximum Gasteiger partial charge on any atom is 0.329 e. The molecule has 0 saturated heterocycles. The molecule has 25 heavy (non-hydrogen) atoms. The second kappa shape index (κ2) is 7.14. The molecule has 0 saturated carbocycles. The van der Waals surface area contributed by atoms with Crippen molar-refractivity contribution in [3.63, 3.8) is 0 Å². The number of rotatable bonds is 6. The van der Waals surface area contributed by atoms with Gasteiger partial charge in [-0.05, 0) is 24.5 Å². The van der Waals surface area contributed by atoms with Crippen LogP contribution >= 0.6 is 11.3 Å². The third-order valence-electron chi connectivity index (χ3n) is 4.02. The zero-order valence-electron chi connectivity index (χ0n) is 14.1. The van der Waals surface area contributed by atoms with Gasteiger partial charge in [0.15, 0.2) is 5.78 Å². The van der Waals surface area contributed by atoms with Crippen LogP contribution in [0.1, 0.15) is 31.3 Å². The first-order valence-electron chi connectivity index (χ1n) is 8.12. The predicted octanol–water partition coefficient (Wildman–Crippen LogP) is 2.55. The number of fused-ring (bicyclic) bond motifs is 1. The van der Waals surface area contributed by atoms with Crippen LogP contribution in [0.15, 0.2) is 45.4 Å². The number of hydrogen-bond donors (Lipinski definition) is 1. The van der Waals surface area contributed by atoms with Crippen molar-refractivity contribution in [2.45, 2.75) is 32.7 Å². The van der Waals surface area contributed by atoms with Crippen molar-refractivity contribution in [3.05, 3.63) is 61.7 Å². The van der Waals surface area contributed by atoms with Crippen LogP contribution in [0, 0.1) is 5.92 Å². The Kier molecular flexibility index (Phi) is 4.94. The molecule has 130 valence electrons. The van der Waals surface area contributed by atoms with E-state index in [0.717, 1.165) is 4.57 Å². The molecule has 0 aliphatic rings. The maximum absolute atomic E-state index is 12.9. The number of carbonyl (C=O) groups excluding carboxylic acids is 1. The van der Waals surface area contributed by atoms with E-state index in [1.54, 1.807) is 35.8 Å². The molecule has 1 aromatic carbocycles. The van der Waals surface area contributed by atoms with Crippen molar-refractivity contribution in [1.29, 1.82) is 0 Å². The second-order valence-electron chi connectivity index (χ2n) is 6.37. The first kappa shape index (κ1) is 17.3. The quantitative estimate of drug-likeness (QED) is 0.735. The number of aromatic amines is 1. The summed E-state index contributed by atoms with van der Waals surface area (Å²) in [6.07, 6.45) is 2.18. The van der Waals surface area contributed by atoms with Crippen LogP contribution in [-0.2, 0) is 11.2 Å². The van der Waals surface area contributed by atoms with Gasteiger partial charge in [0, 0.05) is 11.6 Å². The molecule has 3 aromatic rings. The monoisotopic (exact) mass is 357 g/mol. The highest BCUT2D eigenvalue weighted by Crippen LogP contribution is 2.19. The van der Waals surface area contributed by atoms with Crippen LogP contribution in [0.5, 0.6) is 0 Å². The number of nitrogens with zero attached hydrogens (tertiary/aromatic N) is 2. The summed E-state index contributed by atoms with van der Waals surface area (Å²) in [4.78, 5) is 45.1. The van der Waals surface area contributed by atoms with Gasteiger partial charge in [-0.1, -0.05) is 26.0 Å². The number of thiazole rings is 1. The van der Waals surface area contributed by atoms with Crippen LogP contribution in [0.4, 0.5) is 0 Å². The number of ketones is 1. The third-order valence-corrected chi connectivity index (χ3v) is 4.80. The summed E-state index contributed by atoms with van der Waals surface area (Å²) in [5, 5.41) is 2.89. The van der Waals surface area contributed by atoms with Gasteiger partial charge in [0.1, 0.15) is 6.04 Å². The lowest BCUT2D eigenvalue weighted by molar-refractivity contribution is -0.122. The van der Waals surface area contributed by atoms with E-state index in [4.69, 9.17) is 0 Å². The first-order valence-corrected chi connectivity index (χ1v) is 9.00. The number of H-pyrrole nitrogens is 1. The van der Waals surface area contributed by atoms with Gasteiger partial charge >= 0.3 is 5.69 Å². The number of carbonyl (C=O) groups is 1. The Hall–Kier alpha value is -2.54. The molecule has 0 fully saturated rings. The summed E-state index contributed by atoms with van der Waals surface area (Å²) >= 11 is 1.39. The highest BCUT2D eigenvalue weighted by molar-refractivity contribution is 7.09. The molecule has 7 heteroatoms. The molecule has 0 spiro atoms. The molecule has 0 aliphatic carbocycles. The Morgan fingerprint density at radius 1 is 1.28 bits per heavy atom. The average Bonchev–Trinajstić information content (AvgIpc) is 3.06. The fraction of sp³-hybridized carbons (Fsp3) is 0.333. The number of para-hydroxylation sites is 1. The van der Waals surface area contributed by atoms with Gasteiger partial charge in [-0.2, -0.15) is 0 Å². The van der Waals surface area contributed by atoms with E-state index in [1.807, 2.05) is 13.8 Å². The maximum atomic E-state index is 12.9. The van der Waals surface area contributed by atoms with Crippen molar-refractivity contribution in [2.75, 3.05) is 0 Å². The van der Waals surface area contributed by atoms with Gasteiger partial charge in [0.2, 0.25) is 0 Å². The van der Waals surface area contributed by atoms with Crippen molar-refractivity contribution in [3.8, 4) is 0 Å². The predicted molar refractivity (Wildman–Crippen MR) is 98.1 cm³/mol. The molecular weight excluding hydrogens is 338 g/mol. The van der Waals surface area contributed by atoms with Gasteiger partial charge in [-0.3, -0.25) is 9.59 Å². The molecule has 0 bridgehead atoms. The lowest BCUT2D eigenvalue weighted by atomic mass is 9.98. The van der Waals surface area contributed by atoms with Crippen molar-refractivity contribution < 1.29 is 4.79 Å². The summed E-state index contributed by atoms with van der Waals surface area (Å²) in [5.41, 5.74) is -0.510. The molecule has 3 rings (SSSR count). The minimum atomic E-state index is -0.801. The SMILES string of the molecule is CC(C)CC(C(=O)Cc1nccs1)n1c(=O)[nH]c2ccccc2c1=O. The molecule has 1 atom stereocenters. The molecule has 1 N–H and O–H groups in total. The van der Waals surface area contributed by atoms with E-state index in [2.05, 4.69) is 9.97 Å². The van der Waals surface area contributed by atoms with E-state index in [9.17, 15) is 14.4 Å².